The molecule has 0 amide bonds. The lowest BCUT2D eigenvalue weighted by atomic mass is 9.98. The van der Waals surface area contributed by atoms with Crippen molar-refractivity contribution in [3.63, 3.8) is 0 Å². The third-order valence-electron chi connectivity index (χ3n) is 3.23. The first-order chi connectivity index (χ1) is 8.13. The molecule has 1 aromatic carbocycles. The molecule has 1 saturated heterocycles. The Morgan fingerprint density at radius 1 is 1.18 bits per heavy atom. The summed E-state index contributed by atoms with van der Waals surface area (Å²) in [5, 5.41) is 0. The van der Waals surface area contributed by atoms with Crippen LogP contribution in [0.2, 0.25) is 0 Å². The van der Waals surface area contributed by atoms with Crippen molar-refractivity contribution in [1.82, 2.24) is 0 Å². The minimum atomic E-state index is -0.441. The van der Waals surface area contributed by atoms with Gasteiger partial charge >= 0.3 is 0 Å². The first-order valence-corrected chi connectivity index (χ1v) is 5.94. The summed E-state index contributed by atoms with van der Waals surface area (Å²) in [4.78, 5) is 7.30. The van der Waals surface area contributed by atoms with Gasteiger partial charge in [0.05, 0.1) is 13.2 Å². The first kappa shape index (κ1) is 12.4. The fraction of sp³-hybridized carbons (Fsp3) is 0.538. The van der Waals surface area contributed by atoms with Gasteiger partial charge in [-0.1, -0.05) is 12.1 Å². The van der Waals surface area contributed by atoms with E-state index < -0.39 is 5.60 Å². The molecule has 94 valence electrons. The van der Waals surface area contributed by atoms with E-state index >= 15 is 0 Å². The maximum absolute atomic E-state index is 5.34. The van der Waals surface area contributed by atoms with Crippen LogP contribution in [-0.2, 0) is 15.2 Å². The summed E-state index contributed by atoms with van der Waals surface area (Å²) < 4.78 is 5.34. The number of nitrogens with two attached hydrogens (primary N) is 1. The van der Waals surface area contributed by atoms with E-state index in [4.69, 9.17) is 15.5 Å². The summed E-state index contributed by atoms with van der Waals surface area (Å²) in [5.74, 6) is 5.29. The quantitative estimate of drug-likeness (QED) is 0.811. The molecule has 1 aliphatic rings. The number of rotatable bonds is 3. The Morgan fingerprint density at radius 3 is 2.29 bits per heavy atom. The largest absolute Gasteiger partial charge is 0.378 e. The summed E-state index contributed by atoms with van der Waals surface area (Å²) in [6.07, 6.45) is 0. The van der Waals surface area contributed by atoms with Crippen LogP contribution >= 0.6 is 0 Å². The minimum absolute atomic E-state index is 0.441. The van der Waals surface area contributed by atoms with Crippen LogP contribution in [-0.4, -0.2) is 26.3 Å². The molecule has 1 fully saturated rings. The Labute approximate surface area is 102 Å². The van der Waals surface area contributed by atoms with E-state index in [2.05, 4.69) is 29.2 Å². The highest BCUT2D eigenvalue weighted by Gasteiger charge is 2.20. The summed E-state index contributed by atoms with van der Waals surface area (Å²) in [6, 6.07) is 8.36. The van der Waals surface area contributed by atoms with Crippen molar-refractivity contribution in [1.29, 1.82) is 0 Å². The third-order valence-corrected chi connectivity index (χ3v) is 3.23. The average molecular weight is 236 g/mol. The Hall–Kier alpha value is -1.10. The molecule has 1 aromatic rings. The molecule has 0 saturated carbocycles. The van der Waals surface area contributed by atoms with Crippen molar-refractivity contribution >= 4 is 5.69 Å². The predicted molar refractivity (Wildman–Crippen MR) is 67.8 cm³/mol. The van der Waals surface area contributed by atoms with Crippen LogP contribution < -0.4 is 10.8 Å². The highest BCUT2D eigenvalue weighted by Crippen LogP contribution is 2.25. The molecular weight excluding hydrogens is 216 g/mol. The molecule has 2 N–H and O–H groups in total. The standard InChI is InChI=1S/C13H20N2O2/c1-13(2,17-14)11-3-5-12(6-4-11)15-7-9-16-10-8-15/h3-6H,7-10,14H2,1-2H3. The number of ether oxygens (including phenoxy) is 1. The molecule has 0 bridgehead atoms. The van der Waals surface area contributed by atoms with E-state index in [1.807, 2.05) is 13.8 Å². The lowest BCUT2D eigenvalue weighted by Crippen LogP contribution is -2.36. The Morgan fingerprint density at radius 2 is 1.76 bits per heavy atom. The summed E-state index contributed by atoms with van der Waals surface area (Å²) in [6.45, 7) is 7.43. The number of benzene rings is 1. The predicted octanol–water partition coefficient (Wildman–Crippen LogP) is 1.65. The second kappa shape index (κ2) is 5.04. The lowest BCUT2D eigenvalue weighted by molar-refractivity contribution is -0.0236. The van der Waals surface area contributed by atoms with Gasteiger partial charge in [0, 0.05) is 18.8 Å². The first-order valence-electron chi connectivity index (χ1n) is 5.94. The average Bonchev–Trinajstić information content (AvgIpc) is 2.40. The number of hydrogen-bond donors (Lipinski definition) is 1. The van der Waals surface area contributed by atoms with Crippen molar-refractivity contribution in [2.75, 3.05) is 31.2 Å². The van der Waals surface area contributed by atoms with Gasteiger partial charge in [0.25, 0.3) is 0 Å². The molecule has 2 rings (SSSR count). The fourth-order valence-corrected chi connectivity index (χ4v) is 1.96. The van der Waals surface area contributed by atoms with Crippen LogP contribution in [0, 0.1) is 0 Å². The number of hydrogen-bond acceptors (Lipinski definition) is 4. The highest BCUT2D eigenvalue weighted by atomic mass is 16.6. The molecule has 4 heteroatoms. The molecule has 17 heavy (non-hydrogen) atoms. The molecule has 4 nitrogen and oxygen atoms in total. The van der Waals surface area contributed by atoms with Gasteiger partial charge in [-0.3, -0.25) is 4.84 Å². The summed E-state index contributed by atoms with van der Waals surface area (Å²) in [7, 11) is 0. The number of anilines is 1. The van der Waals surface area contributed by atoms with Crippen LogP contribution in [0.5, 0.6) is 0 Å². The van der Waals surface area contributed by atoms with Gasteiger partial charge in [-0.2, -0.15) is 0 Å². The van der Waals surface area contributed by atoms with E-state index in [1.165, 1.54) is 5.69 Å². The highest BCUT2D eigenvalue weighted by molar-refractivity contribution is 5.48. The molecule has 0 unspecified atom stereocenters. The van der Waals surface area contributed by atoms with Crippen molar-refractivity contribution in [3.05, 3.63) is 29.8 Å². The Balaban J connectivity index is 2.12. The molecular formula is C13H20N2O2. The van der Waals surface area contributed by atoms with Crippen molar-refractivity contribution in [2.24, 2.45) is 5.90 Å². The van der Waals surface area contributed by atoms with Gasteiger partial charge in [0.2, 0.25) is 0 Å². The van der Waals surface area contributed by atoms with Crippen molar-refractivity contribution in [3.8, 4) is 0 Å². The SMILES string of the molecule is CC(C)(ON)c1ccc(N2CCOCC2)cc1. The second-order valence-corrected chi connectivity index (χ2v) is 4.77. The molecule has 1 heterocycles. The number of morpholine rings is 1. The monoisotopic (exact) mass is 236 g/mol. The van der Waals surface area contributed by atoms with Crippen LogP contribution in [0.15, 0.2) is 24.3 Å². The topological polar surface area (TPSA) is 47.7 Å². The summed E-state index contributed by atoms with van der Waals surface area (Å²) >= 11 is 0. The van der Waals surface area contributed by atoms with Crippen molar-refractivity contribution < 1.29 is 9.57 Å². The van der Waals surface area contributed by atoms with Gasteiger partial charge in [-0.05, 0) is 31.5 Å². The normalized spacial score (nSPS) is 17.2. The van der Waals surface area contributed by atoms with Gasteiger partial charge in [-0.15, -0.1) is 0 Å². The van der Waals surface area contributed by atoms with E-state index in [-0.39, 0.29) is 0 Å². The van der Waals surface area contributed by atoms with E-state index in [0.717, 1.165) is 31.9 Å². The molecule has 0 spiro atoms. The van der Waals surface area contributed by atoms with Gasteiger partial charge < -0.3 is 9.64 Å². The Kier molecular flexibility index (Phi) is 3.66. The maximum Gasteiger partial charge on any atom is 0.109 e. The molecule has 0 aliphatic carbocycles. The molecule has 0 aromatic heterocycles. The van der Waals surface area contributed by atoms with E-state index in [9.17, 15) is 0 Å². The Bertz CT molecular complexity index is 356. The van der Waals surface area contributed by atoms with E-state index in [1.54, 1.807) is 0 Å². The lowest BCUT2D eigenvalue weighted by Gasteiger charge is -2.29. The van der Waals surface area contributed by atoms with Gasteiger partial charge in [0.1, 0.15) is 5.60 Å². The van der Waals surface area contributed by atoms with Crippen LogP contribution in [0.25, 0.3) is 0 Å². The molecule has 1 aliphatic heterocycles. The van der Waals surface area contributed by atoms with E-state index in [0.29, 0.717) is 0 Å². The van der Waals surface area contributed by atoms with Crippen LogP contribution in [0.1, 0.15) is 19.4 Å². The zero-order valence-corrected chi connectivity index (χ0v) is 10.5. The second-order valence-electron chi connectivity index (χ2n) is 4.77. The number of nitrogens with zero attached hydrogens (tertiary/aromatic N) is 1. The van der Waals surface area contributed by atoms with Gasteiger partial charge in [-0.25, -0.2) is 5.90 Å². The summed E-state index contributed by atoms with van der Waals surface area (Å²) in [5.41, 5.74) is 1.87. The third kappa shape index (κ3) is 2.77. The van der Waals surface area contributed by atoms with Crippen LogP contribution in [0.3, 0.4) is 0 Å². The van der Waals surface area contributed by atoms with Crippen LogP contribution in [0.4, 0.5) is 5.69 Å². The minimum Gasteiger partial charge on any atom is -0.378 e. The zero-order valence-electron chi connectivity index (χ0n) is 10.5. The molecule has 0 atom stereocenters. The van der Waals surface area contributed by atoms with Crippen molar-refractivity contribution in [2.45, 2.75) is 19.4 Å². The maximum atomic E-state index is 5.34. The zero-order chi connectivity index (χ0) is 12.3. The fourth-order valence-electron chi connectivity index (χ4n) is 1.96. The van der Waals surface area contributed by atoms with Gasteiger partial charge in [0.15, 0.2) is 0 Å². The molecule has 0 radical (unpaired) electrons. The smallest absolute Gasteiger partial charge is 0.109 e.